The number of aromatic nitrogens is 1. The van der Waals surface area contributed by atoms with E-state index in [0.717, 1.165) is 28.9 Å². The van der Waals surface area contributed by atoms with Gasteiger partial charge in [-0.2, -0.15) is 0 Å². The minimum Gasteiger partial charge on any atom is -0.489 e. The van der Waals surface area contributed by atoms with Crippen LogP contribution in [-0.4, -0.2) is 29.0 Å². The highest BCUT2D eigenvalue weighted by atomic mass is 127. The molecule has 2 aromatic carbocycles. The lowest BCUT2D eigenvalue weighted by atomic mass is 9.96. The van der Waals surface area contributed by atoms with Gasteiger partial charge in [0.2, 0.25) is 0 Å². The van der Waals surface area contributed by atoms with Gasteiger partial charge in [0.05, 0.1) is 41.2 Å². The van der Waals surface area contributed by atoms with Gasteiger partial charge in [0.15, 0.2) is 4.80 Å². The number of thioether (sulfide) groups is 1. The van der Waals surface area contributed by atoms with Crippen LogP contribution >= 0.6 is 68.3 Å². The van der Waals surface area contributed by atoms with E-state index < -0.39 is 12.0 Å². The van der Waals surface area contributed by atoms with Crippen LogP contribution in [0.2, 0.25) is 0 Å². The molecule has 0 bridgehead atoms. The minimum absolute atomic E-state index is 0.0661. The van der Waals surface area contributed by atoms with E-state index in [1.807, 2.05) is 76.4 Å². The van der Waals surface area contributed by atoms with Gasteiger partial charge in [0.25, 0.3) is 5.56 Å². The Balaban J connectivity index is 1.89. The Morgan fingerprint density at radius 3 is 2.29 bits per heavy atom. The first-order chi connectivity index (χ1) is 18.0. The standard InChI is InChI=1S/C28H28I2N2O4S2/c1-14(2)35-25-20(29)11-17(12-21(25)30)13-22-26(33)32-24(18-7-9-19(37-6)10-8-18)23(27(34)36-15(3)4)16(5)31-28(32)38-22/h7-15,24H,1-6H3/b22-13-/t24-/m0/s1. The Kier molecular flexibility index (Phi) is 9.47. The zero-order valence-electron chi connectivity index (χ0n) is 21.9. The van der Waals surface area contributed by atoms with E-state index in [-0.39, 0.29) is 17.8 Å². The molecule has 1 aliphatic heterocycles. The van der Waals surface area contributed by atoms with Crippen LogP contribution in [-0.2, 0) is 9.53 Å². The second-order valence-electron chi connectivity index (χ2n) is 9.29. The highest BCUT2D eigenvalue weighted by Gasteiger charge is 2.33. The number of nitrogens with zero attached hydrogens (tertiary/aromatic N) is 2. The van der Waals surface area contributed by atoms with Gasteiger partial charge in [-0.1, -0.05) is 23.5 Å². The quantitative estimate of drug-likeness (QED) is 0.170. The molecule has 0 fully saturated rings. The van der Waals surface area contributed by atoms with Gasteiger partial charge in [0.1, 0.15) is 5.75 Å². The number of allylic oxidation sites excluding steroid dienone is 1. The maximum Gasteiger partial charge on any atom is 0.338 e. The van der Waals surface area contributed by atoms with Crippen LogP contribution in [0.1, 0.15) is 51.8 Å². The van der Waals surface area contributed by atoms with Crippen LogP contribution in [0.15, 0.2) is 62.4 Å². The van der Waals surface area contributed by atoms with Crippen molar-refractivity contribution in [3.63, 3.8) is 0 Å². The van der Waals surface area contributed by atoms with Gasteiger partial charge in [-0.25, -0.2) is 9.79 Å². The van der Waals surface area contributed by atoms with Crippen molar-refractivity contribution in [2.75, 3.05) is 6.26 Å². The predicted octanol–water partition coefficient (Wildman–Crippen LogP) is 5.91. The molecule has 2 heterocycles. The van der Waals surface area contributed by atoms with Gasteiger partial charge in [0, 0.05) is 4.90 Å². The molecule has 0 saturated carbocycles. The molecule has 0 unspecified atom stereocenters. The Bertz CT molecular complexity index is 1570. The average molecular weight is 774 g/mol. The first kappa shape index (κ1) is 29.3. The van der Waals surface area contributed by atoms with Crippen LogP contribution < -0.4 is 19.6 Å². The second kappa shape index (κ2) is 12.3. The molecule has 0 radical (unpaired) electrons. The average Bonchev–Trinajstić information content (AvgIpc) is 3.14. The Labute approximate surface area is 257 Å². The fraction of sp³-hybridized carbons (Fsp3) is 0.321. The lowest BCUT2D eigenvalue weighted by molar-refractivity contribution is -0.143. The Morgan fingerprint density at radius 1 is 1.11 bits per heavy atom. The van der Waals surface area contributed by atoms with Crippen molar-refractivity contribution < 1.29 is 14.3 Å². The smallest absolute Gasteiger partial charge is 0.338 e. The summed E-state index contributed by atoms with van der Waals surface area (Å²) in [6, 6.07) is 11.3. The van der Waals surface area contributed by atoms with E-state index in [0.29, 0.717) is 20.6 Å². The second-order valence-corrected chi connectivity index (χ2v) is 13.5. The molecule has 1 aromatic heterocycles. The van der Waals surface area contributed by atoms with E-state index in [9.17, 15) is 9.59 Å². The number of benzene rings is 2. The van der Waals surface area contributed by atoms with Crippen molar-refractivity contribution >= 4 is 80.3 Å². The van der Waals surface area contributed by atoms with Gasteiger partial charge >= 0.3 is 5.97 Å². The molecule has 3 aromatic rings. The van der Waals surface area contributed by atoms with Crippen molar-refractivity contribution in [2.45, 2.75) is 57.8 Å². The van der Waals surface area contributed by atoms with Crippen molar-refractivity contribution in [1.82, 2.24) is 4.57 Å². The van der Waals surface area contributed by atoms with Crippen molar-refractivity contribution in [3.8, 4) is 5.75 Å². The summed E-state index contributed by atoms with van der Waals surface area (Å²) in [6.07, 6.45) is 3.67. The number of hydrogen-bond acceptors (Lipinski definition) is 7. The first-order valence-corrected chi connectivity index (χ1v) is 16.2. The fourth-order valence-corrected chi connectivity index (χ4v) is 7.65. The number of ether oxygens (including phenoxy) is 2. The highest BCUT2D eigenvalue weighted by Crippen LogP contribution is 2.32. The van der Waals surface area contributed by atoms with Crippen molar-refractivity contribution in [2.24, 2.45) is 4.99 Å². The zero-order valence-corrected chi connectivity index (χ0v) is 27.8. The third-order valence-corrected chi connectivity index (χ3v) is 9.02. The van der Waals surface area contributed by atoms with E-state index in [1.165, 1.54) is 11.3 Å². The van der Waals surface area contributed by atoms with Crippen LogP contribution in [0.25, 0.3) is 6.08 Å². The molecule has 0 amide bonds. The summed E-state index contributed by atoms with van der Waals surface area (Å²) in [7, 11) is 0. The molecule has 4 rings (SSSR count). The summed E-state index contributed by atoms with van der Waals surface area (Å²) in [4.78, 5) is 33.5. The number of fused-ring (bicyclic) bond motifs is 1. The van der Waals surface area contributed by atoms with Crippen LogP contribution in [0.5, 0.6) is 5.75 Å². The SMILES string of the molecule is CSc1ccc([C@H]2C(C(=O)OC(C)C)=C(C)N=c3s/c(=C\c4cc(I)c(OC(C)C)c(I)c4)c(=O)n32)cc1. The minimum atomic E-state index is -0.627. The summed E-state index contributed by atoms with van der Waals surface area (Å²) >= 11 is 7.49. The summed E-state index contributed by atoms with van der Waals surface area (Å²) in [5.74, 6) is 0.386. The van der Waals surface area contributed by atoms with E-state index in [2.05, 4.69) is 50.2 Å². The molecule has 0 saturated heterocycles. The molecular weight excluding hydrogens is 746 g/mol. The number of rotatable bonds is 7. The van der Waals surface area contributed by atoms with E-state index >= 15 is 0 Å². The van der Waals surface area contributed by atoms with Gasteiger partial charge in [-0.15, -0.1) is 11.8 Å². The number of carbonyl (C=O) groups excluding carboxylic acids is 1. The predicted molar refractivity (Wildman–Crippen MR) is 171 cm³/mol. The molecule has 0 aliphatic carbocycles. The summed E-state index contributed by atoms with van der Waals surface area (Å²) in [5, 5.41) is 0. The molecule has 38 heavy (non-hydrogen) atoms. The highest BCUT2D eigenvalue weighted by molar-refractivity contribution is 14.1. The number of carbonyl (C=O) groups is 1. The molecule has 6 nitrogen and oxygen atoms in total. The monoisotopic (exact) mass is 774 g/mol. The topological polar surface area (TPSA) is 69.9 Å². The molecule has 1 atom stereocenters. The zero-order chi connectivity index (χ0) is 27.7. The van der Waals surface area contributed by atoms with Gasteiger partial charge in [-0.3, -0.25) is 9.36 Å². The molecule has 200 valence electrons. The van der Waals surface area contributed by atoms with Crippen LogP contribution in [0.3, 0.4) is 0 Å². The van der Waals surface area contributed by atoms with Crippen molar-refractivity contribution in [1.29, 1.82) is 0 Å². The maximum absolute atomic E-state index is 13.9. The molecule has 0 N–H and O–H groups in total. The molecule has 10 heteroatoms. The first-order valence-electron chi connectivity index (χ1n) is 12.0. The Hall–Kier alpha value is -1.64. The summed E-state index contributed by atoms with van der Waals surface area (Å²) < 4.78 is 15.7. The summed E-state index contributed by atoms with van der Waals surface area (Å²) in [5.41, 5.74) is 2.48. The summed E-state index contributed by atoms with van der Waals surface area (Å²) in [6.45, 7) is 9.42. The van der Waals surface area contributed by atoms with Gasteiger partial charge < -0.3 is 9.47 Å². The normalized spacial score (nSPS) is 15.6. The van der Waals surface area contributed by atoms with Crippen LogP contribution in [0.4, 0.5) is 0 Å². The lowest BCUT2D eigenvalue weighted by Crippen LogP contribution is -2.40. The van der Waals surface area contributed by atoms with E-state index in [1.54, 1.807) is 23.3 Å². The fourth-order valence-electron chi connectivity index (χ4n) is 4.12. The number of hydrogen-bond donors (Lipinski definition) is 0. The molecule has 0 spiro atoms. The lowest BCUT2D eigenvalue weighted by Gasteiger charge is -2.25. The number of halogens is 2. The molecular formula is C28H28I2N2O4S2. The Morgan fingerprint density at radius 2 is 1.74 bits per heavy atom. The van der Waals surface area contributed by atoms with Gasteiger partial charge in [-0.05, 0) is 128 Å². The largest absolute Gasteiger partial charge is 0.489 e. The van der Waals surface area contributed by atoms with Crippen LogP contribution in [0, 0.1) is 7.14 Å². The maximum atomic E-state index is 13.9. The number of thiazole rings is 1. The molecule has 1 aliphatic rings. The number of esters is 1. The third-order valence-electron chi connectivity index (χ3n) is 5.69. The van der Waals surface area contributed by atoms with E-state index in [4.69, 9.17) is 9.47 Å². The third kappa shape index (κ3) is 6.23. The van der Waals surface area contributed by atoms with Crippen molar-refractivity contribution in [3.05, 3.63) is 85.6 Å².